The molecule has 4 heteroatoms. The summed E-state index contributed by atoms with van der Waals surface area (Å²) < 4.78 is 2.01. The minimum Gasteiger partial charge on any atom is -0.396 e. The van der Waals surface area contributed by atoms with Crippen LogP contribution in [0, 0.1) is 5.92 Å². The van der Waals surface area contributed by atoms with Crippen LogP contribution in [0.15, 0.2) is 12.4 Å². The van der Waals surface area contributed by atoms with Gasteiger partial charge in [0.25, 0.3) is 0 Å². The topological polar surface area (TPSA) is 50.1 Å². The van der Waals surface area contributed by atoms with E-state index in [0.717, 1.165) is 12.8 Å². The van der Waals surface area contributed by atoms with Crippen molar-refractivity contribution in [2.75, 3.05) is 6.61 Å². The number of nitrogens with one attached hydrogen (secondary N) is 1. The van der Waals surface area contributed by atoms with E-state index in [-0.39, 0.29) is 0 Å². The standard InChI is InChI=1S/C15H27N3O/c1-11(2)18-9-14(8-16-18)12(3)17-15-6-4-13(10-19)5-7-15/h8-9,11-13,15,17,19H,4-7,10H2,1-3H3. The van der Waals surface area contributed by atoms with Crippen molar-refractivity contribution in [3.05, 3.63) is 18.0 Å². The zero-order valence-electron chi connectivity index (χ0n) is 12.3. The van der Waals surface area contributed by atoms with Crippen LogP contribution in [0.25, 0.3) is 0 Å². The molecule has 1 fully saturated rings. The first-order chi connectivity index (χ1) is 9.10. The van der Waals surface area contributed by atoms with E-state index in [1.54, 1.807) is 0 Å². The number of rotatable bonds is 5. The Kier molecular flexibility index (Phi) is 4.99. The van der Waals surface area contributed by atoms with E-state index < -0.39 is 0 Å². The van der Waals surface area contributed by atoms with E-state index in [2.05, 4.69) is 37.4 Å². The Balaban J connectivity index is 1.85. The molecule has 0 aliphatic heterocycles. The third kappa shape index (κ3) is 3.80. The molecule has 1 atom stereocenters. The molecule has 1 aromatic heterocycles. The van der Waals surface area contributed by atoms with Crippen molar-refractivity contribution in [3.63, 3.8) is 0 Å². The van der Waals surface area contributed by atoms with Crippen LogP contribution >= 0.6 is 0 Å². The summed E-state index contributed by atoms with van der Waals surface area (Å²) in [4.78, 5) is 0. The second-order valence-electron chi connectivity index (χ2n) is 6.14. The fourth-order valence-corrected chi connectivity index (χ4v) is 2.82. The molecule has 0 radical (unpaired) electrons. The van der Waals surface area contributed by atoms with Gasteiger partial charge in [-0.25, -0.2) is 0 Å². The minimum absolute atomic E-state index is 0.350. The molecule has 4 nitrogen and oxygen atoms in total. The average Bonchev–Trinajstić information content (AvgIpc) is 2.89. The maximum absolute atomic E-state index is 9.16. The van der Waals surface area contributed by atoms with Gasteiger partial charge in [-0.05, 0) is 52.4 Å². The Morgan fingerprint density at radius 1 is 1.32 bits per heavy atom. The van der Waals surface area contributed by atoms with Crippen LogP contribution in [0.1, 0.15) is 64.1 Å². The van der Waals surface area contributed by atoms with E-state index >= 15 is 0 Å². The van der Waals surface area contributed by atoms with Crippen LogP contribution in [0.3, 0.4) is 0 Å². The smallest absolute Gasteiger partial charge is 0.0537 e. The molecule has 1 aromatic rings. The first-order valence-electron chi connectivity index (χ1n) is 7.51. The number of aliphatic hydroxyl groups excluding tert-OH is 1. The predicted octanol–water partition coefficient (Wildman–Crippen LogP) is 2.67. The average molecular weight is 265 g/mol. The van der Waals surface area contributed by atoms with Crippen molar-refractivity contribution in [2.45, 2.75) is 64.6 Å². The molecule has 108 valence electrons. The van der Waals surface area contributed by atoms with Gasteiger partial charge in [-0.15, -0.1) is 0 Å². The molecule has 1 aliphatic rings. The molecular weight excluding hydrogens is 238 g/mol. The van der Waals surface area contributed by atoms with Gasteiger partial charge in [-0.2, -0.15) is 5.10 Å². The van der Waals surface area contributed by atoms with Gasteiger partial charge in [0.05, 0.1) is 6.20 Å². The second kappa shape index (κ2) is 6.53. The summed E-state index contributed by atoms with van der Waals surface area (Å²) in [5, 5.41) is 17.3. The van der Waals surface area contributed by atoms with Gasteiger partial charge in [0.15, 0.2) is 0 Å². The minimum atomic E-state index is 0.350. The Hall–Kier alpha value is -0.870. The lowest BCUT2D eigenvalue weighted by Gasteiger charge is -2.30. The fraction of sp³-hybridized carbons (Fsp3) is 0.800. The van der Waals surface area contributed by atoms with Crippen molar-refractivity contribution in [1.29, 1.82) is 0 Å². The molecule has 0 aromatic carbocycles. The van der Waals surface area contributed by atoms with Crippen molar-refractivity contribution in [1.82, 2.24) is 15.1 Å². The van der Waals surface area contributed by atoms with Crippen LogP contribution in [-0.2, 0) is 0 Å². The summed E-state index contributed by atoms with van der Waals surface area (Å²) >= 11 is 0. The van der Waals surface area contributed by atoms with Crippen LogP contribution in [0.4, 0.5) is 0 Å². The summed E-state index contributed by atoms with van der Waals surface area (Å²) in [6.45, 7) is 6.85. The van der Waals surface area contributed by atoms with Gasteiger partial charge < -0.3 is 10.4 Å². The predicted molar refractivity (Wildman–Crippen MR) is 77.0 cm³/mol. The molecule has 1 unspecified atom stereocenters. The molecule has 0 spiro atoms. The Bertz CT molecular complexity index is 380. The number of nitrogens with zero attached hydrogens (tertiary/aromatic N) is 2. The molecule has 2 N–H and O–H groups in total. The van der Waals surface area contributed by atoms with Gasteiger partial charge in [0.1, 0.15) is 0 Å². The molecular formula is C15H27N3O. The Morgan fingerprint density at radius 3 is 2.53 bits per heavy atom. The highest BCUT2D eigenvalue weighted by molar-refractivity contribution is 5.10. The quantitative estimate of drug-likeness (QED) is 0.860. The monoisotopic (exact) mass is 265 g/mol. The summed E-state index contributed by atoms with van der Waals surface area (Å²) in [5.74, 6) is 0.525. The third-order valence-corrected chi connectivity index (χ3v) is 4.24. The summed E-state index contributed by atoms with van der Waals surface area (Å²) in [6, 6.07) is 1.35. The molecule has 0 amide bonds. The van der Waals surface area contributed by atoms with E-state index in [0.29, 0.717) is 30.7 Å². The zero-order chi connectivity index (χ0) is 13.8. The second-order valence-corrected chi connectivity index (χ2v) is 6.14. The molecule has 2 rings (SSSR count). The van der Waals surface area contributed by atoms with E-state index in [9.17, 15) is 0 Å². The third-order valence-electron chi connectivity index (χ3n) is 4.24. The molecule has 1 aliphatic carbocycles. The zero-order valence-corrected chi connectivity index (χ0v) is 12.3. The van der Waals surface area contributed by atoms with Crippen LogP contribution < -0.4 is 5.32 Å². The SMILES string of the molecule is CC(NC1CCC(CO)CC1)c1cnn(C(C)C)c1. The molecule has 1 saturated carbocycles. The Morgan fingerprint density at radius 2 is 2.00 bits per heavy atom. The number of aromatic nitrogens is 2. The van der Waals surface area contributed by atoms with Crippen LogP contribution in [0.2, 0.25) is 0 Å². The summed E-state index contributed by atoms with van der Waals surface area (Å²) in [7, 11) is 0. The van der Waals surface area contributed by atoms with Gasteiger partial charge in [0.2, 0.25) is 0 Å². The molecule has 0 bridgehead atoms. The normalized spacial score (nSPS) is 25.7. The van der Waals surface area contributed by atoms with Crippen LogP contribution in [0.5, 0.6) is 0 Å². The first kappa shape index (κ1) is 14.5. The number of hydrogen-bond acceptors (Lipinski definition) is 3. The van der Waals surface area contributed by atoms with Gasteiger partial charge in [0, 0.05) is 36.5 Å². The highest BCUT2D eigenvalue weighted by atomic mass is 16.3. The molecule has 0 saturated heterocycles. The van der Waals surface area contributed by atoms with Gasteiger partial charge in [-0.1, -0.05) is 0 Å². The van der Waals surface area contributed by atoms with Gasteiger partial charge >= 0.3 is 0 Å². The largest absolute Gasteiger partial charge is 0.396 e. The van der Waals surface area contributed by atoms with Gasteiger partial charge in [-0.3, -0.25) is 4.68 Å². The summed E-state index contributed by atoms with van der Waals surface area (Å²) in [6.07, 6.45) is 8.75. The van der Waals surface area contributed by atoms with Crippen LogP contribution in [-0.4, -0.2) is 27.5 Å². The molecule has 1 heterocycles. The van der Waals surface area contributed by atoms with E-state index in [1.807, 2.05) is 10.9 Å². The first-order valence-corrected chi connectivity index (χ1v) is 7.51. The number of aliphatic hydroxyl groups is 1. The van der Waals surface area contributed by atoms with E-state index in [4.69, 9.17) is 5.11 Å². The lowest BCUT2D eigenvalue weighted by Crippen LogP contribution is -2.35. The maximum atomic E-state index is 9.16. The highest BCUT2D eigenvalue weighted by Crippen LogP contribution is 2.25. The maximum Gasteiger partial charge on any atom is 0.0537 e. The number of hydrogen-bond donors (Lipinski definition) is 2. The fourth-order valence-electron chi connectivity index (χ4n) is 2.82. The van der Waals surface area contributed by atoms with Crippen molar-refractivity contribution >= 4 is 0 Å². The lowest BCUT2D eigenvalue weighted by atomic mass is 9.86. The van der Waals surface area contributed by atoms with E-state index in [1.165, 1.54) is 18.4 Å². The molecule has 19 heavy (non-hydrogen) atoms. The summed E-state index contributed by atoms with van der Waals surface area (Å²) in [5.41, 5.74) is 1.26. The highest BCUT2D eigenvalue weighted by Gasteiger charge is 2.22. The Labute approximate surface area is 116 Å². The van der Waals surface area contributed by atoms with Crippen molar-refractivity contribution in [2.24, 2.45) is 5.92 Å². The van der Waals surface area contributed by atoms with Crippen molar-refractivity contribution < 1.29 is 5.11 Å². The van der Waals surface area contributed by atoms with Crippen molar-refractivity contribution in [3.8, 4) is 0 Å². The lowest BCUT2D eigenvalue weighted by molar-refractivity contribution is 0.172.